The SMILES string of the molecule is O=C(Cc1ccccc1)NCCC(=O)N1Cc2ccccc2CC1C(=O)O. The summed E-state index contributed by atoms with van der Waals surface area (Å²) in [6.07, 6.45) is 0.633. The Morgan fingerprint density at radius 3 is 2.37 bits per heavy atom. The Morgan fingerprint density at radius 1 is 1.00 bits per heavy atom. The molecule has 1 unspecified atom stereocenters. The number of hydrogen-bond donors (Lipinski definition) is 2. The highest BCUT2D eigenvalue weighted by Gasteiger charge is 2.34. The van der Waals surface area contributed by atoms with Gasteiger partial charge in [-0.15, -0.1) is 0 Å². The van der Waals surface area contributed by atoms with E-state index < -0.39 is 12.0 Å². The molecule has 0 aromatic heterocycles. The number of aliphatic carboxylic acids is 1. The van der Waals surface area contributed by atoms with Crippen molar-refractivity contribution in [2.45, 2.75) is 31.8 Å². The molecule has 0 saturated carbocycles. The van der Waals surface area contributed by atoms with Crippen LogP contribution in [0.3, 0.4) is 0 Å². The summed E-state index contributed by atoms with van der Waals surface area (Å²) in [5.41, 5.74) is 2.83. The van der Waals surface area contributed by atoms with E-state index in [4.69, 9.17) is 0 Å². The van der Waals surface area contributed by atoms with Crippen LogP contribution in [-0.4, -0.2) is 40.4 Å². The fraction of sp³-hybridized carbons (Fsp3) is 0.286. The fourth-order valence-corrected chi connectivity index (χ4v) is 3.30. The molecule has 0 aliphatic carbocycles. The molecular formula is C21H22N2O4. The largest absolute Gasteiger partial charge is 0.480 e. The van der Waals surface area contributed by atoms with Crippen molar-refractivity contribution >= 4 is 17.8 Å². The third kappa shape index (κ3) is 4.73. The van der Waals surface area contributed by atoms with Gasteiger partial charge in [-0.25, -0.2) is 4.79 Å². The number of hydrogen-bond acceptors (Lipinski definition) is 3. The summed E-state index contributed by atoms with van der Waals surface area (Å²) in [6.45, 7) is 0.471. The average molecular weight is 366 g/mol. The number of benzene rings is 2. The first kappa shape index (κ1) is 18.6. The van der Waals surface area contributed by atoms with Crippen LogP contribution in [0, 0.1) is 0 Å². The van der Waals surface area contributed by atoms with Crippen LogP contribution in [0.5, 0.6) is 0 Å². The zero-order valence-electron chi connectivity index (χ0n) is 14.9. The highest BCUT2D eigenvalue weighted by Crippen LogP contribution is 2.24. The van der Waals surface area contributed by atoms with Gasteiger partial charge in [0.2, 0.25) is 11.8 Å². The molecule has 1 heterocycles. The van der Waals surface area contributed by atoms with E-state index in [9.17, 15) is 19.5 Å². The zero-order valence-corrected chi connectivity index (χ0v) is 14.9. The summed E-state index contributed by atoms with van der Waals surface area (Å²) in [6, 6.07) is 16.1. The predicted octanol–water partition coefficient (Wildman–Crippen LogP) is 1.77. The minimum atomic E-state index is -1.01. The van der Waals surface area contributed by atoms with Crippen molar-refractivity contribution in [3.8, 4) is 0 Å². The average Bonchev–Trinajstić information content (AvgIpc) is 2.67. The molecule has 0 radical (unpaired) electrons. The Labute approximate surface area is 157 Å². The Bertz CT molecular complexity index is 835. The van der Waals surface area contributed by atoms with Gasteiger partial charge in [0.05, 0.1) is 6.42 Å². The van der Waals surface area contributed by atoms with Crippen LogP contribution in [0.25, 0.3) is 0 Å². The van der Waals surface area contributed by atoms with Gasteiger partial charge in [-0.2, -0.15) is 0 Å². The lowest BCUT2D eigenvalue weighted by Gasteiger charge is -2.34. The molecule has 6 heteroatoms. The summed E-state index contributed by atoms with van der Waals surface area (Å²) in [4.78, 5) is 37.5. The van der Waals surface area contributed by atoms with Gasteiger partial charge in [0.15, 0.2) is 0 Å². The summed E-state index contributed by atoms with van der Waals surface area (Å²) >= 11 is 0. The van der Waals surface area contributed by atoms with Crippen LogP contribution in [-0.2, 0) is 33.8 Å². The lowest BCUT2D eigenvalue weighted by atomic mass is 9.93. The monoisotopic (exact) mass is 366 g/mol. The number of fused-ring (bicyclic) bond motifs is 1. The van der Waals surface area contributed by atoms with Gasteiger partial charge >= 0.3 is 5.97 Å². The quantitative estimate of drug-likeness (QED) is 0.816. The first-order chi connectivity index (χ1) is 13.0. The van der Waals surface area contributed by atoms with Gasteiger partial charge in [0.1, 0.15) is 6.04 Å². The first-order valence-corrected chi connectivity index (χ1v) is 8.94. The molecule has 2 N–H and O–H groups in total. The Balaban J connectivity index is 1.55. The third-order valence-corrected chi connectivity index (χ3v) is 4.72. The number of nitrogens with one attached hydrogen (secondary N) is 1. The molecule has 0 fully saturated rings. The Kier molecular flexibility index (Phi) is 5.86. The topological polar surface area (TPSA) is 86.7 Å². The van der Waals surface area contributed by atoms with E-state index in [-0.39, 0.29) is 37.7 Å². The molecular weight excluding hydrogens is 344 g/mol. The van der Waals surface area contributed by atoms with E-state index in [0.717, 1.165) is 16.7 Å². The van der Waals surface area contributed by atoms with E-state index in [0.29, 0.717) is 6.42 Å². The molecule has 1 aliphatic rings. The van der Waals surface area contributed by atoms with Crippen LogP contribution >= 0.6 is 0 Å². The molecule has 2 aromatic rings. The van der Waals surface area contributed by atoms with Gasteiger partial charge in [-0.3, -0.25) is 9.59 Å². The van der Waals surface area contributed by atoms with Crippen LogP contribution in [0.15, 0.2) is 54.6 Å². The van der Waals surface area contributed by atoms with Crippen molar-refractivity contribution in [2.75, 3.05) is 6.54 Å². The molecule has 2 aromatic carbocycles. The minimum Gasteiger partial charge on any atom is -0.480 e. The van der Waals surface area contributed by atoms with Gasteiger partial charge in [0, 0.05) is 25.9 Å². The maximum Gasteiger partial charge on any atom is 0.326 e. The Hall–Kier alpha value is -3.15. The van der Waals surface area contributed by atoms with E-state index in [1.165, 1.54) is 4.90 Å². The van der Waals surface area contributed by atoms with Crippen LogP contribution in [0.2, 0.25) is 0 Å². The maximum atomic E-state index is 12.6. The molecule has 0 bridgehead atoms. The van der Waals surface area contributed by atoms with Gasteiger partial charge < -0.3 is 15.3 Å². The van der Waals surface area contributed by atoms with Crippen molar-refractivity contribution in [1.29, 1.82) is 0 Å². The van der Waals surface area contributed by atoms with E-state index in [1.54, 1.807) is 0 Å². The van der Waals surface area contributed by atoms with E-state index in [2.05, 4.69) is 5.32 Å². The zero-order chi connectivity index (χ0) is 19.2. The van der Waals surface area contributed by atoms with Crippen molar-refractivity contribution < 1.29 is 19.5 Å². The highest BCUT2D eigenvalue weighted by atomic mass is 16.4. The van der Waals surface area contributed by atoms with Crippen molar-refractivity contribution in [1.82, 2.24) is 10.2 Å². The molecule has 0 saturated heterocycles. The number of nitrogens with zero attached hydrogens (tertiary/aromatic N) is 1. The van der Waals surface area contributed by atoms with Crippen molar-refractivity contribution in [2.24, 2.45) is 0 Å². The van der Waals surface area contributed by atoms with Crippen LogP contribution in [0.4, 0.5) is 0 Å². The van der Waals surface area contributed by atoms with E-state index in [1.807, 2.05) is 54.6 Å². The second kappa shape index (κ2) is 8.49. The number of carboxylic acid groups (broad SMARTS) is 1. The van der Waals surface area contributed by atoms with Gasteiger partial charge in [0.25, 0.3) is 0 Å². The molecule has 3 rings (SSSR count). The van der Waals surface area contributed by atoms with Gasteiger partial charge in [-0.05, 0) is 16.7 Å². The van der Waals surface area contributed by atoms with Crippen molar-refractivity contribution in [3.05, 3.63) is 71.3 Å². The molecule has 2 amide bonds. The van der Waals surface area contributed by atoms with E-state index >= 15 is 0 Å². The summed E-state index contributed by atoms with van der Waals surface area (Å²) < 4.78 is 0. The standard InChI is InChI=1S/C21H22N2O4/c24-19(12-15-6-2-1-3-7-15)22-11-10-20(25)23-14-17-9-5-4-8-16(17)13-18(23)21(26)27/h1-9,18H,10-14H2,(H,22,24)(H,26,27). The van der Waals surface area contributed by atoms with Crippen LogP contribution < -0.4 is 5.32 Å². The van der Waals surface area contributed by atoms with Crippen LogP contribution in [0.1, 0.15) is 23.1 Å². The smallest absolute Gasteiger partial charge is 0.326 e. The number of amides is 2. The molecule has 6 nitrogen and oxygen atoms in total. The molecule has 0 spiro atoms. The second-order valence-corrected chi connectivity index (χ2v) is 6.61. The first-order valence-electron chi connectivity index (χ1n) is 8.94. The molecule has 140 valence electrons. The minimum absolute atomic E-state index is 0.0759. The number of carbonyl (C=O) groups excluding carboxylic acids is 2. The number of carbonyl (C=O) groups is 3. The molecule has 1 aliphatic heterocycles. The predicted molar refractivity (Wildman–Crippen MR) is 99.9 cm³/mol. The summed E-state index contributed by atoms with van der Waals surface area (Å²) in [5.74, 6) is -1.43. The lowest BCUT2D eigenvalue weighted by molar-refractivity contribution is -0.151. The third-order valence-electron chi connectivity index (χ3n) is 4.72. The molecule has 1 atom stereocenters. The van der Waals surface area contributed by atoms with Gasteiger partial charge in [-0.1, -0.05) is 54.6 Å². The lowest BCUT2D eigenvalue weighted by Crippen LogP contribution is -2.49. The number of rotatable bonds is 6. The summed E-state index contributed by atoms with van der Waals surface area (Å²) in [7, 11) is 0. The molecule has 27 heavy (non-hydrogen) atoms. The van der Waals surface area contributed by atoms with Crippen molar-refractivity contribution in [3.63, 3.8) is 0 Å². The maximum absolute atomic E-state index is 12.6. The second-order valence-electron chi connectivity index (χ2n) is 6.61. The fourth-order valence-electron chi connectivity index (χ4n) is 3.30. The Morgan fingerprint density at radius 2 is 1.67 bits per heavy atom. The number of carboxylic acids is 1. The normalized spacial score (nSPS) is 15.7. The highest BCUT2D eigenvalue weighted by molar-refractivity contribution is 5.85. The summed E-state index contributed by atoms with van der Waals surface area (Å²) in [5, 5.41) is 12.2.